The second kappa shape index (κ2) is 6.70. The summed E-state index contributed by atoms with van der Waals surface area (Å²) in [5.41, 5.74) is 0.899. The fraction of sp³-hybridized carbons (Fsp3) is 1.00. The van der Waals surface area contributed by atoms with Gasteiger partial charge >= 0.3 is 0 Å². The van der Waals surface area contributed by atoms with Gasteiger partial charge < -0.3 is 14.6 Å². The molecule has 2 saturated heterocycles. The van der Waals surface area contributed by atoms with Crippen molar-refractivity contribution in [1.82, 2.24) is 0 Å². The molecule has 0 amide bonds. The summed E-state index contributed by atoms with van der Waals surface area (Å²) >= 11 is 0. The van der Waals surface area contributed by atoms with Crippen LogP contribution in [0.15, 0.2) is 0 Å². The number of ether oxygens (including phenoxy) is 2. The average molecular weight is 417 g/mol. The minimum Gasteiger partial charge on any atom is -0.393 e. The quantitative estimate of drug-likeness (QED) is 0.543. The van der Waals surface area contributed by atoms with E-state index < -0.39 is 0 Å². The number of aliphatic hydroxyl groups excluding tert-OH is 1. The minimum absolute atomic E-state index is 0.0389. The molecular formula is C27H44O3. The fourth-order valence-corrected chi connectivity index (χ4v) is 10.3. The molecule has 4 aliphatic carbocycles. The van der Waals surface area contributed by atoms with Crippen molar-refractivity contribution in [2.45, 2.75) is 110 Å². The monoisotopic (exact) mass is 416 g/mol. The molecule has 1 N–H and O–H groups in total. The van der Waals surface area contributed by atoms with Crippen LogP contribution in [0.4, 0.5) is 0 Å². The zero-order valence-corrected chi connectivity index (χ0v) is 19.7. The van der Waals surface area contributed by atoms with Gasteiger partial charge in [-0.15, -0.1) is 0 Å². The molecule has 0 bridgehead atoms. The Balaban J connectivity index is 1.26. The van der Waals surface area contributed by atoms with E-state index in [2.05, 4.69) is 27.7 Å². The zero-order valence-electron chi connectivity index (χ0n) is 19.7. The first-order valence-corrected chi connectivity index (χ1v) is 13.3. The van der Waals surface area contributed by atoms with Crippen LogP contribution in [0.1, 0.15) is 91.9 Å². The number of hydrogen-bond donors (Lipinski definition) is 1. The summed E-state index contributed by atoms with van der Waals surface area (Å²) < 4.78 is 13.4. The molecule has 0 unspecified atom stereocenters. The van der Waals surface area contributed by atoms with Crippen LogP contribution in [0.3, 0.4) is 0 Å². The average Bonchev–Trinajstić information content (AvgIpc) is 3.16. The summed E-state index contributed by atoms with van der Waals surface area (Å²) in [6.45, 7) is 10.9. The van der Waals surface area contributed by atoms with Crippen LogP contribution >= 0.6 is 0 Å². The Kier molecular flexibility index (Phi) is 4.58. The first-order chi connectivity index (χ1) is 14.3. The van der Waals surface area contributed by atoms with Gasteiger partial charge in [0.2, 0.25) is 0 Å². The number of aliphatic hydroxyl groups is 1. The van der Waals surface area contributed by atoms with E-state index in [1.54, 1.807) is 0 Å². The maximum Gasteiger partial charge on any atom is 0.171 e. The molecule has 6 fully saturated rings. The Morgan fingerprint density at radius 3 is 2.40 bits per heavy atom. The smallest absolute Gasteiger partial charge is 0.171 e. The predicted octanol–water partition coefficient (Wildman–Crippen LogP) is 5.79. The van der Waals surface area contributed by atoms with E-state index in [-0.39, 0.29) is 11.9 Å². The van der Waals surface area contributed by atoms with Crippen LogP contribution in [0.5, 0.6) is 0 Å². The zero-order chi connectivity index (χ0) is 20.9. The number of hydrogen-bond acceptors (Lipinski definition) is 3. The summed E-state index contributed by atoms with van der Waals surface area (Å²) in [6, 6.07) is 0. The molecule has 6 rings (SSSR count). The molecule has 6 aliphatic rings. The van der Waals surface area contributed by atoms with Gasteiger partial charge in [-0.3, -0.25) is 0 Å². The molecule has 1 spiro atoms. The first-order valence-electron chi connectivity index (χ1n) is 13.3. The van der Waals surface area contributed by atoms with Crippen molar-refractivity contribution in [3.63, 3.8) is 0 Å². The molecule has 30 heavy (non-hydrogen) atoms. The Morgan fingerprint density at radius 1 is 0.833 bits per heavy atom. The Labute approximate surface area is 183 Å². The standard InChI is InChI=1S/C27H44O3/c1-16-7-12-27(29-15-16)17(2)24-23(30-27)14-22-20-6-5-18-13-19(28)8-10-25(18,3)21(20)9-11-26(22,24)4/h16-24,28H,5-15H2,1-4H3/t16-,17-,18+,19+,20+,21-,22-,23-,24-,25+,26+,27-/m1/s1. The molecular weight excluding hydrogens is 372 g/mol. The van der Waals surface area contributed by atoms with Gasteiger partial charge in [0.05, 0.1) is 18.8 Å². The number of rotatable bonds is 0. The van der Waals surface area contributed by atoms with Crippen molar-refractivity contribution < 1.29 is 14.6 Å². The van der Waals surface area contributed by atoms with Crippen LogP contribution in [-0.2, 0) is 9.47 Å². The Hall–Kier alpha value is -0.120. The van der Waals surface area contributed by atoms with E-state index in [0.29, 0.717) is 34.7 Å². The van der Waals surface area contributed by atoms with E-state index in [4.69, 9.17) is 9.47 Å². The van der Waals surface area contributed by atoms with E-state index in [9.17, 15) is 5.11 Å². The molecule has 3 nitrogen and oxygen atoms in total. The van der Waals surface area contributed by atoms with Crippen molar-refractivity contribution in [2.24, 2.45) is 52.3 Å². The van der Waals surface area contributed by atoms with Crippen molar-refractivity contribution in [2.75, 3.05) is 6.61 Å². The third-order valence-corrected chi connectivity index (χ3v) is 11.9. The molecule has 0 radical (unpaired) electrons. The SMILES string of the molecule is C[C@@H]1CC[C@@]2(OC1)O[C@@H]1C[C@@H]3[C@H]4CC[C@H]5C[C@@H](O)CC[C@]5(C)[C@@H]4CC[C@]3(C)[C@@H]1[C@H]2C. The molecule has 0 aromatic heterocycles. The first kappa shape index (κ1) is 20.5. The van der Waals surface area contributed by atoms with Gasteiger partial charge in [0.15, 0.2) is 5.79 Å². The highest BCUT2D eigenvalue weighted by Gasteiger charge is 2.69. The minimum atomic E-state index is -0.282. The fourth-order valence-electron chi connectivity index (χ4n) is 10.3. The van der Waals surface area contributed by atoms with E-state index in [1.807, 2.05) is 0 Å². The largest absolute Gasteiger partial charge is 0.393 e. The van der Waals surface area contributed by atoms with Crippen LogP contribution in [0.25, 0.3) is 0 Å². The third kappa shape index (κ3) is 2.61. The topological polar surface area (TPSA) is 38.7 Å². The predicted molar refractivity (Wildman–Crippen MR) is 118 cm³/mol. The van der Waals surface area contributed by atoms with Gasteiger partial charge in [0.1, 0.15) is 0 Å². The summed E-state index contributed by atoms with van der Waals surface area (Å²) in [5.74, 6) is 4.93. The Morgan fingerprint density at radius 2 is 1.63 bits per heavy atom. The van der Waals surface area contributed by atoms with E-state index in [1.165, 1.54) is 44.9 Å². The third-order valence-electron chi connectivity index (χ3n) is 11.9. The second-order valence-electron chi connectivity index (χ2n) is 13.1. The van der Waals surface area contributed by atoms with Gasteiger partial charge in [0, 0.05) is 12.3 Å². The van der Waals surface area contributed by atoms with E-state index in [0.717, 1.165) is 49.5 Å². The number of fused-ring (bicyclic) bond motifs is 7. The van der Waals surface area contributed by atoms with Crippen molar-refractivity contribution in [1.29, 1.82) is 0 Å². The van der Waals surface area contributed by atoms with Crippen LogP contribution in [-0.4, -0.2) is 29.7 Å². The summed E-state index contributed by atoms with van der Waals surface area (Å²) in [5, 5.41) is 10.3. The molecule has 170 valence electrons. The molecule has 3 heteroatoms. The highest BCUT2D eigenvalue weighted by atomic mass is 16.7. The maximum atomic E-state index is 10.3. The molecule has 0 aromatic carbocycles. The van der Waals surface area contributed by atoms with Crippen LogP contribution in [0.2, 0.25) is 0 Å². The van der Waals surface area contributed by atoms with Crippen molar-refractivity contribution in [3.05, 3.63) is 0 Å². The highest BCUT2D eigenvalue weighted by molar-refractivity contribution is 5.15. The van der Waals surface area contributed by atoms with Crippen molar-refractivity contribution >= 4 is 0 Å². The normalized spacial score (nSPS) is 62.5. The van der Waals surface area contributed by atoms with Crippen LogP contribution < -0.4 is 0 Å². The molecule has 2 heterocycles. The molecule has 0 aromatic rings. The lowest BCUT2D eigenvalue weighted by Crippen LogP contribution is -2.55. The lowest BCUT2D eigenvalue weighted by molar-refractivity contribution is -0.273. The highest BCUT2D eigenvalue weighted by Crippen LogP contribution is 2.71. The van der Waals surface area contributed by atoms with Gasteiger partial charge in [0.25, 0.3) is 0 Å². The summed E-state index contributed by atoms with van der Waals surface area (Å²) in [6.07, 6.45) is 12.9. The Bertz CT molecular complexity index is 684. The summed E-state index contributed by atoms with van der Waals surface area (Å²) in [4.78, 5) is 0. The van der Waals surface area contributed by atoms with Gasteiger partial charge in [-0.2, -0.15) is 0 Å². The maximum absolute atomic E-state index is 10.3. The molecule has 12 atom stereocenters. The molecule has 2 aliphatic heterocycles. The van der Waals surface area contributed by atoms with Gasteiger partial charge in [-0.25, -0.2) is 0 Å². The summed E-state index contributed by atoms with van der Waals surface area (Å²) in [7, 11) is 0. The van der Waals surface area contributed by atoms with Gasteiger partial charge in [-0.05, 0) is 104 Å². The van der Waals surface area contributed by atoms with Gasteiger partial charge in [-0.1, -0.05) is 27.7 Å². The molecule has 4 saturated carbocycles. The lowest BCUT2D eigenvalue weighted by Gasteiger charge is -2.61. The lowest BCUT2D eigenvalue weighted by atomic mass is 9.44. The van der Waals surface area contributed by atoms with E-state index >= 15 is 0 Å². The van der Waals surface area contributed by atoms with Crippen LogP contribution in [0, 0.1) is 52.3 Å². The van der Waals surface area contributed by atoms with Crippen molar-refractivity contribution in [3.8, 4) is 0 Å². The second-order valence-corrected chi connectivity index (χ2v) is 13.1.